The molecule has 1 aliphatic rings. The van der Waals surface area contributed by atoms with E-state index in [2.05, 4.69) is 12.2 Å². The summed E-state index contributed by atoms with van der Waals surface area (Å²) in [6.07, 6.45) is 2.55. The van der Waals surface area contributed by atoms with Gasteiger partial charge in [-0.1, -0.05) is 6.92 Å². The van der Waals surface area contributed by atoms with E-state index in [1.54, 1.807) is 12.1 Å². The third-order valence-electron chi connectivity index (χ3n) is 5.29. The van der Waals surface area contributed by atoms with E-state index in [0.29, 0.717) is 22.2 Å². The van der Waals surface area contributed by atoms with Crippen LogP contribution in [0.2, 0.25) is 0 Å². The van der Waals surface area contributed by atoms with Crippen LogP contribution in [-0.4, -0.2) is 52.4 Å². The minimum atomic E-state index is -3.86. The normalized spacial score (nSPS) is 16.0. The summed E-state index contributed by atoms with van der Waals surface area (Å²) in [5.74, 6) is 0.00425. The number of methoxy groups -OCH3 is 2. The molecule has 0 radical (unpaired) electrons. The van der Waals surface area contributed by atoms with Crippen LogP contribution in [0.25, 0.3) is 0 Å². The number of nitrogens with one attached hydrogen (secondary N) is 1. The molecule has 31 heavy (non-hydrogen) atoms. The Morgan fingerprint density at radius 2 is 1.90 bits per heavy atom. The lowest BCUT2D eigenvalue weighted by Gasteiger charge is -2.18. The van der Waals surface area contributed by atoms with Gasteiger partial charge in [0, 0.05) is 11.9 Å². The molecule has 1 amide bonds. The minimum Gasteiger partial charge on any atom is -0.497 e. The van der Waals surface area contributed by atoms with E-state index in [9.17, 15) is 18.0 Å². The molecule has 0 aliphatic heterocycles. The van der Waals surface area contributed by atoms with E-state index in [1.165, 1.54) is 44.7 Å². The smallest absolute Gasteiger partial charge is 0.341 e. The summed E-state index contributed by atoms with van der Waals surface area (Å²) in [5, 5.41) is 3.13. The van der Waals surface area contributed by atoms with E-state index in [-0.39, 0.29) is 4.90 Å². The summed E-state index contributed by atoms with van der Waals surface area (Å²) in [6, 6.07) is 5.93. The molecular weight excluding hydrogens is 440 g/mol. The van der Waals surface area contributed by atoms with Crippen LogP contribution in [0.1, 0.15) is 34.1 Å². The quantitative estimate of drug-likeness (QED) is 0.630. The van der Waals surface area contributed by atoms with E-state index in [4.69, 9.17) is 9.47 Å². The van der Waals surface area contributed by atoms with Gasteiger partial charge in [-0.25, -0.2) is 13.2 Å². The number of likely N-dealkylation sites (N-methyl/N-ethyl adjacent to an activating group) is 1. The number of fused-ring (bicyclic) bond motifs is 1. The number of rotatable bonds is 7. The highest BCUT2D eigenvalue weighted by atomic mass is 32.2. The molecule has 0 bridgehead atoms. The van der Waals surface area contributed by atoms with Crippen molar-refractivity contribution in [2.75, 3.05) is 33.1 Å². The van der Waals surface area contributed by atoms with Crippen LogP contribution in [0.5, 0.6) is 5.75 Å². The second-order valence-electron chi connectivity index (χ2n) is 7.53. The molecule has 2 aromatic rings. The fourth-order valence-electron chi connectivity index (χ4n) is 3.54. The highest BCUT2D eigenvalue weighted by Crippen LogP contribution is 2.40. The number of amides is 1. The van der Waals surface area contributed by atoms with Crippen LogP contribution >= 0.6 is 11.3 Å². The van der Waals surface area contributed by atoms with Gasteiger partial charge in [0.25, 0.3) is 0 Å². The highest BCUT2D eigenvalue weighted by Gasteiger charge is 2.30. The van der Waals surface area contributed by atoms with Gasteiger partial charge < -0.3 is 14.8 Å². The zero-order chi connectivity index (χ0) is 22.8. The maximum atomic E-state index is 12.8. The van der Waals surface area contributed by atoms with Gasteiger partial charge >= 0.3 is 5.97 Å². The van der Waals surface area contributed by atoms with Gasteiger partial charge in [-0.15, -0.1) is 11.3 Å². The maximum absolute atomic E-state index is 12.8. The lowest BCUT2D eigenvalue weighted by Crippen LogP contribution is -2.35. The lowest BCUT2D eigenvalue weighted by molar-refractivity contribution is -0.116. The fraction of sp³-hybridized carbons (Fsp3) is 0.429. The number of thiophene rings is 1. The molecule has 1 aromatic heterocycles. The topological polar surface area (TPSA) is 102 Å². The summed E-state index contributed by atoms with van der Waals surface area (Å²) in [4.78, 5) is 26.1. The minimum absolute atomic E-state index is 0.0550. The Hall–Kier alpha value is -2.43. The number of hydrogen-bond acceptors (Lipinski definition) is 7. The van der Waals surface area contributed by atoms with E-state index >= 15 is 0 Å². The monoisotopic (exact) mass is 466 g/mol. The van der Waals surface area contributed by atoms with Crippen molar-refractivity contribution < 1.29 is 27.5 Å². The van der Waals surface area contributed by atoms with Crippen molar-refractivity contribution in [1.29, 1.82) is 0 Å². The molecule has 0 fully saturated rings. The molecule has 0 saturated heterocycles. The first-order chi connectivity index (χ1) is 14.7. The second-order valence-corrected chi connectivity index (χ2v) is 10.7. The summed E-state index contributed by atoms with van der Waals surface area (Å²) >= 11 is 1.36. The predicted octanol–water partition coefficient (Wildman–Crippen LogP) is 2.93. The number of sulfonamides is 1. The molecule has 1 aliphatic carbocycles. The predicted molar refractivity (Wildman–Crippen MR) is 118 cm³/mol. The van der Waals surface area contributed by atoms with Crippen molar-refractivity contribution >= 4 is 38.2 Å². The van der Waals surface area contributed by atoms with Gasteiger partial charge in [-0.05, 0) is 55.0 Å². The number of carbonyl (C=O) groups excluding carboxylic acids is 2. The van der Waals surface area contributed by atoms with Crippen molar-refractivity contribution in [3.63, 3.8) is 0 Å². The number of anilines is 1. The van der Waals surface area contributed by atoms with E-state index in [0.717, 1.165) is 34.0 Å². The summed E-state index contributed by atoms with van der Waals surface area (Å²) in [7, 11) is 0.267. The number of benzene rings is 1. The van der Waals surface area contributed by atoms with Crippen molar-refractivity contribution in [2.45, 2.75) is 31.1 Å². The average molecular weight is 467 g/mol. The van der Waals surface area contributed by atoms with Gasteiger partial charge in [0.15, 0.2) is 0 Å². The Morgan fingerprint density at radius 3 is 2.52 bits per heavy atom. The molecule has 1 atom stereocenters. The van der Waals surface area contributed by atoms with Crippen molar-refractivity contribution in [3.8, 4) is 5.75 Å². The summed E-state index contributed by atoms with van der Waals surface area (Å²) in [5.41, 5.74) is 1.30. The number of hydrogen-bond donors (Lipinski definition) is 1. The van der Waals surface area contributed by atoms with Crippen molar-refractivity contribution in [1.82, 2.24) is 4.31 Å². The molecule has 1 N–H and O–H groups in total. The zero-order valence-corrected chi connectivity index (χ0v) is 19.6. The first-order valence-corrected chi connectivity index (χ1v) is 12.1. The van der Waals surface area contributed by atoms with Crippen LogP contribution in [-0.2, 0) is 32.4 Å². The zero-order valence-electron chi connectivity index (χ0n) is 17.9. The third-order valence-corrected chi connectivity index (χ3v) is 8.28. The summed E-state index contributed by atoms with van der Waals surface area (Å²) in [6.45, 7) is 1.76. The lowest BCUT2D eigenvalue weighted by atomic mass is 9.88. The van der Waals surface area contributed by atoms with Gasteiger partial charge in [0.05, 0.1) is 31.2 Å². The number of nitrogens with zero attached hydrogens (tertiary/aromatic N) is 1. The van der Waals surface area contributed by atoms with Crippen LogP contribution < -0.4 is 10.1 Å². The molecule has 0 spiro atoms. The Kier molecular flexibility index (Phi) is 7.03. The Labute approximate surface area is 186 Å². The van der Waals surface area contributed by atoms with Crippen molar-refractivity contribution in [2.24, 2.45) is 5.92 Å². The molecular formula is C21H26N2O6S2. The van der Waals surface area contributed by atoms with Gasteiger partial charge in [0.2, 0.25) is 15.9 Å². The molecule has 3 rings (SSSR count). The Morgan fingerprint density at radius 1 is 1.23 bits per heavy atom. The molecule has 1 aromatic carbocycles. The molecule has 1 heterocycles. The number of ether oxygens (including phenoxy) is 2. The highest BCUT2D eigenvalue weighted by molar-refractivity contribution is 7.89. The van der Waals surface area contributed by atoms with E-state index < -0.39 is 28.4 Å². The molecule has 8 nitrogen and oxygen atoms in total. The fourth-order valence-corrected chi connectivity index (χ4v) is 6.08. The van der Waals surface area contributed by atoms with Gasteiger partial charge in [-0.2, -0.15) is 4.31 Å². The van der Waals surface area contributed by atoms with Crippen LogP contribution in [0.4, 0.5) is 5.00 Å². The van der Waals surface area contributed by atoms with Gasteiger partial charge in [-0.3, -0.25) is 4.79 Å². The van der Waals surface area contributed by atoms with E-state index in [1.807, 2.05) is 0 Å². The standard InChI is InChI=1S/C21H26N2O6S2/c1-13-5-10-16-17(11-13)30-20(19(16)21(25)29-4)22-18(24)12-23(2)31(26,27)15-8-6-14(28-3)7-9-15/h6-9,13H,5,10-12H2,1-4H3,(H,22,24). The van der Waals surface area contributed by atoms with Crippen LogP contribution in [0.15, 0.2) is 29.2 Å². The first-order valence-electron chi connectivity index (χ1n) is 9.80. The Balaban J connectivity index is 1.77. The molecule has 168 valence electrons. The van der Waals surface area contributed by atoms with Gasteiger partial charge in [0.1, 0.15) is 10.8 Å². The molecule has 1 unspecified atom stereocenters. The number of carbonyl (C=O) groups is 2. The van der Waals surface area contributed by atoms with Crippen LogP contribution in [0, 0.1) is 5.92 Å². The van der Waals surface area contributed by atoms with Crippen molar-refractivity contribution in [3.05, 3.63) is 40.3 Å². The van der Waals surface area contributed by atoms with Crippen LogP contribution in [0.3, 0.4) is 0 Å². The second kappa shape index (κ2) is 9.37. The number of esters is 1. The maximum Gasteiger partial charge on any atom is 0.341 e. The summed E-state index contributed by atoms with van der Waals surface area (Å²) < 4.78 is 36.5. The third kappa shape index (κ3) is 4.91. The average Bonchev–Trinajstić information content (AvgIpc) is 3.09. The first kappa shape index (κ1) is 23.2. The molecule has 10 heteroatoms. The molecule has 0 saturated carbocycles. The SMILES string of the molecule is COC(=O)c1c(NC(=O)CN(C)S(=O)(=O)c2ccc(OC)cc2)sc2c1CCC(C)C2. The largest absolute Gasteiger partial charge is 0.497 e. The Bertz CT molecular complexity index is 1080.